The van der Waals surface area contributed by atoms with Gasteiger partial charge in [0.1, 0.15) is 0 Å². The Kier molecular flexibility index (Phi) is 9.57. The van der Waals surface area contributed by atoms with E-state index in [1.54, 1.807) is 14.2 Å². The first-order chi connectivity index (χ1) is 9.76. The van der Waals surface area contributed by atoms with Crippen LogP contribution < -0.4 is 10.6 Å². The summed E-state index contributed by atoms with van der Waals surface area (Å²) in [5, 5.41) is 6.27. The van der Waals surface area contributed by atoms with Gasteiger partial charge in [0.15, 0.2) is 0 Å². The highest BCUT2D eigenvalue weighted by Crippen LogP contribution is 2.15. The van der Waals surface area contributed by atoms with Crippen LogP contribution in [0.15, 0.2) is 0 Å². The van der Waals surface area contributed by atoms with E-state index in [4.69, 9.17) is 9.47 Å². The number of amides is 1. The minimum absolute atomic E-state index is 0.0960. The van der Waals surface area contributed by atoms with Crippen molar-refractivity contribution in [1.29, 1.82) is 0 Å². The van der Waals surface area contributed by atoms with Crippen LogP contribution in [0.4, 0.5) is 0 Å². The molecule has 118 valence electrons. The second kappa shape index (κ2) is 11.0. The zero-order valence-electron chi connectivity index (χ0n) is 12.8. The summed E-state index contributed by atoms with van der Waals surface area (Å²) in [6.45, 7) is 6.42. The molecule has 0 aliphatic carbocycles. The lowest BCUT2D eigenvalue weighted by Crippen LogP contribution is -2.43. The van der Waals surface area contributed by atoms with Crippen molar-refractivity contribution in [3.05, 3.63) is 0 Å². The maximum atomic E-state index is 11.7. The number of carbonyl (C=O) groups is 1. The van der Waals surface area contributed by atoms with E-state index in [1.165, 1.54) is 0 Å². The topological polar surface area (TPSA) is 62.8 Å². The summed E-state index contributed by atoms with van der Waals surface area (Å²) in [7, 11) is 3.36. The fourth-order valence-corrected chi connectivity index (χ4v) is 2.38. The summed E-state index contributed by atoms with van der Waals surface area (Å²) in [6.07, 6.45) is 2.32. The monoisotopic (exact) mass is 287 g/mol. The number of rotatable bonds is 10. The van der Waals surface area contributed by atoms with Gasteiger partial charge in [0, 0.05) is 27.3 Å². The quantitative estimate of drug-likeness (QED) is 0.540. The molecule has 1 aliphatic heterocycles. The number of hydrogen-bond acceptors (Lipinski definition) is 5. The highest BCUT2D eigenvalue weighted by atomic mass is 16.5. The first-order valence-electron chi connectivity index (χ1n) is 7.44. The Morgan fingerprint density at radius 3 is 2.45 bits per heavy atom. The van der Waals surface area contributed by atoms with Crippen LogP contribution in [0, 0.1) is 5.92 Å². The minimum Gasteiger partial charge on any atom is -0.383 e. The standard InChI is InChI=1S/C14H29N3O3/c1-19-9-5-15-11-13-3-7-17(8-4-13)12-14(18)16-6-10-20-2/h13,15H,3-12H2,1-2H3,(H,16,18). The molecule has 1 aliphatic rings. The molecule has 0 aromatic carbocycles. The van der Waals surface area contributed by atoms with Crippen molar-refractivity contribution >= 4 is 5.91 Å². The molecule has 0 atom stereocenters. The van der Waals surface area contributed by atoms with Gasteiger partial charge in [-0.25, -0.2) is 0 Å². The zero-order valence-corrected chi connectivity index (χ0v) is 12.8. The van der Waals surface area contributed by atoms with E-state index in [2.05, 4.69) is 15.5 Å². The van der Waals surface area contributed by atoms with Crippen molar-refractivity contribution in [2.24, 2.45) is 5.92 Å². The van der Waals surface area contributed by atoms with Crippen molar-refractivity contribution in [1.82, 2.24) is 15.5 Å². The molecule has 1 saturated heterocycles. The van der Waals surface area contributed by atoms with Gasteiger partial charge < -0.3 is 20.1 Å². The SMILES string of the molecule is COCCNCC1CCN(CC(=O)NCCOC)CC1. The molecular weight excluding hydrogens is 258 g/mol. The number of methoxy groups -OCH3 is 2. The molecule has 0 aromatic heterocycles. The highest BCUT2D eigenvalue weighted by Gasteiger charge is 2.20. The number of carbonyl (C=O) groups excluding carboxylic acids is 1. The Labute approximate surface area is 122 Å². The molecule has 0 radical (unpaired) electrons. The molecule has 1 rings (SSSR count). The Balaban J connectivity index is 2.05. The molecule has 1 heterocycles. The summed E-state index contributed by atoms with van der Waals surface area (Å²) in [4.78, 5) is 13.9. The van der Waals surface area contributed by atoms with Gasteiger partial charge in [-0.3, -0.25) is 9.69 Å². The lowest BCUT2D eigenvalue weighted by Gasteiger charge is -2.31. The highest BCUT2D eigenvalue weighted by molar-refractivity contribution is 5.77. The molecule has 0 saturated carbocycles. The fraction of sp³-hybridized carbons (Fsp3) is 0.929. The lowest BCUT2D eigenvalue weighted by molar-refractivity contribution is -0.122. The fourth-order valence-electron chi connectivity index (χ4n) is 2.38. The average Bonchev–Trinajstić information content (AvgIpc) is 2.46. The van der Waals surface area contributed by atoms with Crippen LogP contribution in [-0.2, 0) is 14.3 Å². The van der Waals surface area contributed by atoms with Gasteiger partial charge in [-0.2, -0.15) is 0 Å². The molecule has 0 bridgehead atoms. The van der Waals surface area contributed by atoms with E-state index in [9.17, 15) is 4.79 Å². The van der Waals surface area contributed by atoms with Crippen LogP contribution in [-0.4, -0.2) is 77.5 Å². The predicted octanol–water partition coefficient (Wildman–Crippen LogP) is -0.303. The first-order valence-corrected chi connectivity index (χ1v) is 7.44. The molecule has 0 aromatic rings. The van der Waals surface area contributed by atoms with Gasteiger partial charge in [0.2, 0.25) is 5.91 Å². The predicted molar refractivity (Wildman–Crippen MR) is 78.8 cm³/mol. The summed E-state index contributed by atoms with van der Waals surface area (Å²) in [5.74, 6) is 0.818. The Bertz CT molecular complexity index is 256. The lowest BCUT2D eigenvalue weighted by atomic mass is 9.97. The maximum absolute atomic E-state index is 11.7. The normalized spacial score (nSPS) is 17.3. The molecular formula is C14H29N3O3. The zero-order chi connectivity index (χ0) is 14.6. The van der Waals surface area contributed by atoms with Crippen molar-refractivity contribution in [3.63, 3.8) is 0 Å². The second-order valence-corrected chi connectivity index (χ2v) is 5.26. The molecule has 2 N–H and O–H groups in total. The maximum Gasteiger partial charge on any atom is 0.234 e. The molecule has 6 nitrogen and oxygen atoms in total. The van der Waals surface area contributed by atoms with E-state index in [-0.39, 0.29) is 5.91 Å². The molecule has 20 heavy (non-hydrogen) atoms. The van der Waals surface area contributed by atoms with E-state index >= 15 is 0 Å². The van der Waals surface area contributed by atoms with E-state index in [0.29, 0.717) is 19.7 Å². The number of nitrogens with zero attached hydrogens (tertiary/aromatic N) is 1. The van der Waals surface area contributed by atoms with Crippen molar-refractivity contribution < 1.29 is 14.3 Å². The van der Waals surface area contributed by atoms with Gasteiger partial charge in [0.25, 0.3) is 0 Å². The van der Waals surface area contributed by atoms with Crippen LogP contribution in [0.1, 0.15) is 12.8 Å². The molecule has 6 heteroatoms. The van der Waals surface area contributed by atoms with E-state index in [1.807, 2.05) is 0 Å². The minimum atomic E-state index is 0.0960. The molecule has 0 unspecified atom stereocenters. The van der Waals surface area contributed by atoms with Gasteiger partial charge in [-0.1, -0.05) is 0 Å². The van der Waals surface area contributed by atoms with E-state index in [0.717, 1.165) is 51.5 Å². The van der Waals surface area contributed by atoms with Gasteiger partial charge >= 0.3 is 0 Å². The van der Waals surface area contributed by atoms with Crippen LogP contribution in [0.25, 0.3) is 0 Å². The van der Waals surface area contributed by atoms with Gasteiger partial charge in [0.05, 0.1) is 19.8 Å². The summed E-state index contributed by atoms with van der Waals surface area (Å²) in [6, 6.07) is 0. The number of hydrogen-bond donors (Lipinski definition) is 2. The molecule has 0 spiro atoms. The summed E-state index contributed by atoms with van der Waals surface area (Å²) >= 11 is 0. The van der Waals surface area contributed by atoms with Crippen LogP contribution >= 0.6 is 0 Å². The van der Waals surface area contributed by atoms with Crippen molar-refractivity contribution in [2.75, 3.05) is 66.7 Å². The molecule has 1 fully saturated rings. The second-order valence-electron chi connectivity index (χ2n) is 5.26. The third-order valence-electron chi connectivity index (χ3n) is 3.62. The Hall–Kier alpha value is -0.690. The number of ether oxygens (including phenoxy) is 2. The number of nitrogens with one attached hydrogen (secondary N) is 2. The largest absolute Gasteiger partial charge is 0.383 e. The third-order valence-corrected chi connectivity index (χ3v) is 3.62. The van der Waals surface area contributed by atoms with Crippen molar-refractivity contribution in [2.45, 2.75) is 12.8 Å². The Morgan fingerprint density at radius 2 is 1.80 bits per heavy atom. The summed E-state index contributed by atoms with van der Waals surface area (Å²) in [5.41, 5.74) is 0. The average molecular weight is 287 g/mol. The summed E-state index contributed by atoms with van der Waals surface area (Å²) < 4.78 is 9.92. The third kappa shape index (κ3) is 7.79. The smallest absolute Gasteiger partial charge is 0.234 e. The molecule has 1 amide bonds. The van der Waals surface area contributed by atoms with Gasteiger partial charge in [-0.05, 0) is 38.4 Å². The van der Waals surface area contributed by atoms with Crippen LogP contribution in [0.3, 0.4) is 0 Å². The Morgan fingerprint density at radius 1 is 1.15 bits per heavy atom. The van der Waals surface area contributed by atoms with Crippen molar-refractivity contribution in [3.8, 4) is 0 Å². The van der Waals surface area contributed by atoms with Gasteiger partial charge in [-0.15, -0.1) is 0 Å². The first kappa shape index (κ1) is 17.4. The van der Waals surface area contributed by atoms with E-state index < -0.39 is 0 Å². The number of piperidine rings is 1. The van der Waals surface area contributed by atoms with Crippen LogP contribution in [0.2, 0.25) is 0 Å². The van der Waals surface area contributed by atoms with Crippen LogP contribution in [0.5, 0.6) is 0 Å². The number of likely N-dealkylation sites (tertiary alicyclic amines) is 1.